The Morgan fingerprint density at radius 2 is 2.25 bits per heavy atom. The number of amides is 1. The van der Waals surface area contributed by atoms with E-state index in [0.717, 1.165) is 0 Å². The predicted molar refractivity (Wildman–Crippen MR) is 59.7 cm³/mol. The molecule has 0 heterocycles. The molecule has 0 saturated heterocycles. The zero-order valence-electron chi connectivity index (χ0n) is 9.32. The molecule has 0 atom stereocenters. The fraction of sp³-hybridized carbons (Fsp3) is 0.417. The van der Waals surface area contributed by atoms with Crippen molar-refractivity contribution in [3.05, 3.63) is 35.6 Å². The quantitative estimate of drug-likeness (QED) is 0.828. The third kappa shape index (κ3) is 3.31. The van der Waals surface area contributed by atoms with Crippen LogP contribution in [0.25, 0.3) is 0 Å². The van der Waals surface area contributed by atoms with Gasteiger partial charge in [-0.05, 0) is 31.5 Å². The van der Waals surface area contributed by atoms with Gasteiger partial charge in [-0.25, -0.2) is 4.39 Å². The number of benzene rings is 1. The number of hydrogen-bond donors (Lipinski definition) is 1. The summed E-state index contributed by atoms with van der Waals surface area (Å²) in [6.45, 7) is 2.94. The molecule has 0 radical (unpaired) electrons. The van der Waals surface area contributed by atoms with Gasteiger partial charge in [0.2, 0.25) is 0 Å². The van der Waals surface area contributed by atoms with Crippen LogP contribution in [0.3, 0.4) is 0 Å². The Kier molecular flexibility index (Phi) is 4.92. The molecule has 0 spiro atoms. The maximum atomic E-state index is 12.9. The predicted octanol–water partition coefficient (Wildman–Crippen LogP) is 1.67. The fourth-order valence-electron chi connectivity index (χ4n) is 1.47. The minimum absolute atomic E-state index is 0.0485. The molecule has 1 N–H and O–H groups in total. The van der Waals surface area contributed by atoms with Crippen LogP contribution in [0.2, 0.25) is 0 Å². The Bertz CT molecular complexity index is 355. The molecule has 0 bridgehead atoms. The number of carbonyl (C=O) groups excluding carboxylic acids is 1. The standard InChI is InChI=1S/C12H16FNO2/c1-2-14(7-4-8-15)12(16)10-5-3-6-11(13)9-10/h3,5-6,9,15H,2,4,7-8H2,1H3. The van der Waals surface area contributed by atoms with E-state index in [1.54, 1.807) is 11.0 Å². The summed E-state index contributed by atoms with van der Waals surface area (Å²) >= 11 is 0. The summed E-state index contributed by atoms with van der Waals surface area (Å²) in [5.41, 5.74) is 0.347. The summed E-state index contributed by atoms with van der Waals surface area (Å²) in [6, 6.07) is 5.64. The highest BCUT2D eigenvalue weighted by molar-refractivity contribution is 5.94. The Hall–Kier alpha value is -1.42. The van der Waals surface area contributed by atoms with Gasteiger partial charge >= 0.3 is 0 Å². The van der Waals surface area contributed by atoms with Crippen molar-refractivity contribution in [3.8, 4) is 0 Å². The van der Waals surface area contributed by atoms with E-state index in [9.17, 15) is 9.18 Å². The van der Waals surface area contributed by atoms with Gasteiger partial charge in [-0.1, -0.05) is 6.07 Å². The first-order valence-corrected chi connectivity index (χ1v) is 5.34. The molecule has 1 amide bonds. The lowest BCUT2D eigenvalue weighted by molar-refractivity contribution is 0.0754. The van der Waals surface area contributed by atoms with E-state index in [4.69, 9.17) is 5.11 Å². The molecule has 16 heavy (non-hydrogen) atoms. The molecule has 0 fully saturated rings. The summed E-state index contributed by atoms with van der Waals surface area (Å²) in [7, 11) is 0. The van der Waals surface area contributed by atoms with Gasteiger partial charge in [0, 0.05) is 25.3 Å². The second-order valence-corrected chi connectivity index (χ2v) is 3.47. The summed E-state index contributed by atoms with van der Waals surface area (Å²) in [6.07, 6.45) is 0.537. The van der Waals surface area contributed by atoms with E-state index < -0.39 is 5.82 Å². The number of rotatable bonds is 5. The molecule has 0 aliphatic heterocycles. The monoisotopic (exact) mass is 225 g/mol. The molecule has 4 heteroatoms. The van der Waals surface area contributed by atoms with E-state index in [0.29, 0.717) is 25.1 Å². The van der Waals surface area contributed by atoms with Crippen molar-refractivity contribution in [2.24, 2.45) is 0 Å². The Morgan fingerprint density at radius 1 is 1.50 bits per heavy atom. The normalized spacial score (nSPS) is 10.2. The highest BCUT2D eigenvalue weighted by Gasteiger charge is 2.13. The minimum Gasteiger partial charge on any atom is -0.396 e. The molecule has 1 aromatic carbocycles. The smallest absolute Gasteiger partial charge is 0.253 e. The average Bonchev–Trinajstić information content (AvgIpc) is 2.29. The maximum absolute atomic E-state index is 12.9. The van der Waals surface area contributed by atoms with Crippen molar-refractivity contribution >= 4 is 5.91 Å². The average molecular weight is 225 g/mol. The second kappa shape index (κ2) is 6.23. The first kappa shape index (κ1) is 12.6. The first-order chi connectivity index (χ1) is 7.69. The lowest BCUT2D eigenvalue weighted by Crippen LogP contribution is -2.32. The number of aliphatic hydroxyl groups excluding tert-OH is 1. The SMILES string of the molecule is CCN(CCCO)C(=O)c1cccc(F)c1. The molecule has 88 valence electrons. The molecular formula is C12H16FNO2. The zero-order valence-corrected chi connectivity index (χ0v) is 9.32. The first-order valence-electron chi connectivity index (χ1n) is 5.34. The lowest BCUT2D eigenvalue weighted by atomic mass is 10.2. The van der Waals surface area contributed by atoms with E-state index in [1.165, 1.54) is 18.2 Å². The van der Waals surface area contributed by atoms with Gasteiger partial charge in [0.05, 0.1) is 0 Å². The van der Waals surface area contributed by atoms with E-state index >= 15 is 0 Å². The number of aliphatic hydroxyl groups is 1. The van der Waals surface area contributed by atoms with Gasteiger partial charge in [0.25, 0.3) is 5.91 Å². The highest BCUT2D eigenvalue weighted by Crippen LogP contribution is 2.07. The van der Waals surface area contributed by atoms with Crippen LogP contribution >= 0.6 is 0 Å². The van der Waals surface area contributed by atoms with Crippen LogP contribution in [0.1, 0.15) is 23.7 Å². The zero-order chi connectivity index (χ0) is 12.0. The van der Waals surface area contributed by atoms with Gasteiger partial charge in [0.15, 0.2) is 0 Å². The van der Waals surface area contributed by atoms with Crippen molar-refractivity contribution in [3.63, 3.8) is 0 Å². The topological polar surface area (TPSA) is 40.5 Å². The summed E-state index contributed by atoms with van der Waals surface area (Å²) < 4.78 is 12.9. The largest absolute Gasteiger partial charge is 0.396 e. The van der Waals surface area contributed by atoms with Gasteiger partial charge in [-0.3, -0.25) is 4.79 Å². The number of carbonyl (C=O) groups is 1. The summed E-state index contributed by atoms with van der Waals surface area (Å²) in [5.74, 6) is -0.612. The summed E-state index contributed by atoms with van der Waals surface area (Å²) in [4.78, 5) is 13.5. The molecule has 0 unspecified atom stereocenters. The van der Waals surface area contributed by atoms with Crippen molar-refractivity contribution in [1.29, 1.82) is 0 Å². The Balaban J connectivity index is 2.74. The Morgan fingerprint density at radius 3 is 2.81 bits per heavy atom. The van der Waals surface area contributed by atoms with Gasteiger partial charge in [-0.2, -0.15) is 0 Å². The third-order valence-corrected chi connectivity index (χ3v) is 2.33. The molecule has 0 aliphatic carbocycles. The van der Waals surface area contributed by atoms with Crippen molar-refractivity contribution < 1.29 is 14.3 Å². The van der Waals surface area contributed by atoms with Crippen LogP contribution in [-0.4, -0.2) is 35.6 Å². The van der Waals surface area contributed by atoms with Crippen LogP contribution in [0.15, 0.2) is 24.3 Å². The molecule has 0 saturated carbocycles. The van der Waals surface area contributed by atoms with E-state index in [-0.39, 0.29) is 12.5 Å². The van der Waals surface area contributed by atoms with Crippen molar-refractivity contribution in [2.45, 2.75) is 13.3 Å². The molecular weight excluding hydrogens is 209 g/mol. The van der Waals surface area contributed by atoms with Crippen LogP contribution in [0.5, 0.6) is 0 Å². The molecule has 0 aromatic heterocycles. The fourth-order valence-corrected chi connectivity index (χ4v) is 1.47. The van der Waals surface area contributed by atoms with Gasteiger partial charge < -0.3 is 10.0 Å². The lowest BCUT2D eigenvalue weighted by Gasteiger charge is -2.20. The van der Waals surface area contributed by atoms with E-state index in [2.05, 4.69) is 0 Å². The van der Waals surface area contributed by atoms with Crippen LogP contribution in [0, 0.1) is 5.82 Å². The minimum atomic E-state index is -0.413. The number of nitrogens with zero attached hydrogens (tertiary/aromatic N) is 1. The second-order valence-electron chi connectivity index (χ2n) is 3.47. The number of halogens is 1. The van der Waals surface area contributed by atoms with Gasteiger partial charge in [-0.15, -0.1) is 0 Å². The van der Waals surface area contributed by atoms with Crippen LogP contribution in [-0.2, 0) is 0 Å². The van der Waals surface area contributed by atoms with Crippen LogP contribution in [0.4, 0.5) is 4.39 Å². The van der Waals surface area contributed by atoms with Crippen molar-refractivity contribution in [1.82, 2.24) is 4.90 Å². The highest BCUT2D eigenvalue weighted by atomic mass is 19.1. The molecule has 1 aromatic rings. The molecule has 3 nitrogen and oxygen atoms in total. The summed E-state index contributed by atoms with van der Waals surface area (Å²) in [5, 5.41) is 8.71. The Labute approximate surface area is 94.5 Å². The number of hydrogen-bond acceptors (Lipinski definition) is 2. The van der Waals surface area contributed by atoms with E-state index in [1.807, 2.05) is 6.92 Å². The van der Waals surface area contributed by atoms with Crippen LogP contribution < -0.4 is 0 Å². The maximum Gasteiger partial charge on any atom is 0.253 e. The molecule has 0 aliphatic rings. The molecule has 1 rings (SSSR count). The van der Waals surface area contributed by atoms with Crippen molar-refractivity contribution in [2.75, 3.05) is 19.7 Å². The third-order valence-electron chi connectivity index (χ3n) is 2.33. The van der Waals surface area contributed by atoms with Gasteiger partial charge in [0.1, 0.15) is 5.82 Å².